The molecule has 0 aliphatic carbocycles. The van der Waals surface area contributed by atoms with Crippen LogP contribution in [0.3, 0.4) is 0 Å². The van der Waals surface area contributed by atoms with Crippen LogP contribution in [0.4, 0.5) is 0 Å². The maximum atomic E-state index is 13.7. The van der Waals surface area contributed by atoms with E-state index in [2.05, 4.69) is 24.7 Å². The fourth-order valence-corrected chi connectivity index (χ4v) is 7.39. The molecule has 5 aromatic rings. The van der Waals surface area contributed by atoms with Crippen molar-refractivity contribution in [2.45, 2.75) is 78.1 Å². The molecular formula is C38H40N4O4. The van der Waals surface area contributed by atoms with Crippen LogP contribution in [0.1, 0.15) is 119 Å². The molecule has 0 bridgehead atoms. The number of rotatable bonds is 14. The first-order chi connectivity index (χ1) is 22.5. The predicted molar refractivity (Wildman–Crippen MR) is 182 cm³/mol. The van der Waals surface area contributed by atoms with Crippen molar-refractivity contribution in [3.05, 3.63) is 70.8 Å². The van der Waals surface area contributed by atoms with E-state index in [9.17, 15) is 19.2 Å². The average Bonchev–Trinajstić information content (AvgIpc) is 3.07. The van der Waals surface area contributed by atoms with Crippen molar-refractivity contribution in [2.75, 3.05) is 13.1 Å². The van der Waals surface area contributed by atoms with Crippen LogP contribution in [0.15, 0.2) is 48.5 Å². The molecule has 5 aromatic carbocycles. The van der Waals surface area contributed by atoms with E-state index in [1.165, 1.54) is 22.9 Å². The van der Waals surface area contributed by atoms with Gasteiger partial charge in [-0.25, -0.2) is 20.9 Å². The van der Waals surface area contributed by atoms with Gasteiger partial charge in [0.05, 0.1) is 22.3 Å². The smallest absolute Gasteiger partial charge is 0.267 e. The van der Waals surface area contributed by atoms with Crippen molar-refractivity contribution in [1.29, 1.82) is 0 Å². The van der Waals surface area contributed by atoms with Gasteiger partial charge in [0, 0.05) is 23.9 Å². The van der Waals surface area contributed by atoms with Crippen LogP contribution in [0.2, 0.25) is 0 Å². The van der Waals surface area contributed by atoms with Gasteiger partial charge in [-0.05, 0) is 69.4 Å². The maximum absolute atomic E-state index is 13.7. The van der Waals surface area contributed by atoms with Gasteiger partial charge in [0.2, 0.25) is 0 Å². The summed E-state index contributed by atoms with van der Waals surface area (Å²) in [4.78, 5) is 54.7. The molecule has 4 amide bonds. The normalized spacial score (nSPS) is 14.7. The number of fused-ring (bicyclic) bond motifs is 2. The third-order valence-electron chi connectivity index (χ3n) is 9.74. The zero-order chi connectivity index (χ0) is 31.9. The number of imide groups is 2. The van der Waals surface area contributed by atoms with Crippen LogP contribution >= 0.6 is 0 Å². The second-order valence-corrected chi connectivity index (χ2v) is 12.7. The summed E-state index contributed by atoms with van der Waals surface area (Å²) < 4.78 is 0. The Labute approximate surface area is 268 Å². The van der Waals surface area contributed by atoms with E-state index >= 15 is 0 Å². The van der Waals surface area contributed by atoms with Crippen LogP contribution in [-0.2, 0) is 0 Å². The number of carbonyl (C=O) groups is 4. The Balaban J connectivity index is 1.27. The summed E-state index contributed by atoms with van der Waals surface area (Å²) >= 11 is 0. The Morgan fingerprint density at radius 2 is 0.717 bits per heavy atom. The third-order valence-corrected chi connectivity index (χ3v) is 9.74. The molecule has 236 valence electrons. The van der Waals surface area contributed by atoms with E-state index < -0.39 is 0 Å². The fourth-order valence-electron chi connectivity index (χ4n) is 7.39. The van der Waals surface area contributed by atoms with E-state index in [0.717, 1.165) is 83.7 Å². The summed E-state index contributed by atoms with van der Waals surface area (Å²) in [5.74, 6) is -1.39. The molecule has 0 saturated heterocycles. The second kappa shape index (κ2) is 12.4. The van der Waals surface area contributed by atoms with Crippen LogP contribution in [-0.4, -0.2) is 46.7 Å². The quantitative estimate of drug-likeness (QED) is 0.0570. The van der Waals surface area contributed by atoms with E-state index in [0.29, 0.717) is 46.1 Å². The molecule has 7 rings (SSSR count). The Morgan fingerprint density at radius 3 is 1.02 bits per heavy atom. The summed E-state index contributed by atoms with van der Waals surface area (Å²) in [6.45, 7) is 5.46. The van der Waals surface area contributed by atoms with Gasteiger partial charge >= 0.3 is 0 Å². The lowest BCUT2D eigenvalue weighted by Crippen LogP contribution is -2.49. The zero-order valence-electron chi connectivity index (χ0n) is 26.6. The standard InChI is InChI=1S/C38H40N4O4/c1-3-5-7-9-11-21-39-41-35(43)27-17-13-23-25-15-19-29-34-30(38(46)42(37(29)45)40-22-12-10-8-6-4-2)20-16-26(32(25)34)24-14-18-28(36(41)44)33(27)31(23)24/h13-20,39-40H,3-12,21-22H2,1-2H3. The summed E-state index contributed by atoms with van der Waals surface area (Å²) in [6, 6.07) is 15.0. The van der Waals surface area contributed by atoms with Crippen molar-refractivity contribution in [1.82, 2.24) is 20.9 Å². The highest BCUT2D eigenvalue weighted by Gasteiger charge is 2.37. The second-order valence-electron chi connectivity index (χ2n) is 12.7. The monoisotopic (exact) mass is 616 g/mol. The van der Waals surface area contributed by atoms with Gasteiger partial charge in [-0.3, -0.25) is 19.2 Å². The number of amides is 4. The summed E-state index contributed by atoms with van der Waals surface area (Å²) in [5.41, 5.74) is 8.15. The van der Waals surface area contributed by atoms with Crippen LogP contribution in [0, 0.1) is 0 Å². The molecule has 0 fully saturated rings. The van der Waals surface area contributed by atoms with Gasteiger partial charge in [0.1, 0.15) is 0 Å². The van der Waals surface area contributed by atoms with Gasteiger partial charge < -0.3 is 0 Å². The Hall–Kier alpha value is -4.40. The molecule has 0 atom stereocenters. The SMILES string of the molecule is CCCCCCCNN1C(=O)c2ccc3c4ccc5c6c(ccc(c7ccc(c2c37)C1=O)c64)C(=O)N(NCCCCCCC)C5=O. The van der Waals surface area contributed by atoms with Crippen molar-refractivity contribution >= 4 is 66.7 Å². The molecule has 0 spiro atoms. The average molecular weight is 617 g/mol. The number of benzene rings is 5. The van der Waals surface area contributed by atoms with Gasteiger partial charge in [-0.15, -0.1) is 0 Å². The van der Waals surface area contributed by atoms with E-state index in [1.54, 1.807) is 24.3 Å². The van der Waals surface area contributed by atoms with Gasteiger partial charge in [-0.2, -0.15) is 0 Å². The molecule has 2 N–H and O–H groups in total. The molecule has 0 aromatic heterocycles. The molecule has 2 heterocycles. The summed E-state index contributed by atoms with van der Waals surface area (Å²) in [6.07, 6.45) is 10.8. The molecule has 46 heavy (non-hydrogen) atoms. The fraction of sp³-hybridized carbons (Fsp3) is 0.368. The summed E-state index contributed by atoms with van der Waals surface area (Å²) in [7, 11) is 0. The number of hydrogen-bond donors (Lipinski definition) is 2. The predicted octanol–water partition coefficient (Wildman–Crippen LogP) is 7.88. The highest BCUT2D eigenvalue weighted by Crippen LogP contribution is 2.46. The minimum absolute atomic E-state index is 0.347. The molecular weight excluding hydrogens is 576 g/mol. The first kappa shape index (κ1) is 30.3. The molecule has 0 radical (unpaired) electrons. The zero-order valence-corrected chi connectivity index (χ0v) is 26.6. The van der Waals surface area contributed by atoms with E-state index in [1.807, 2.05) is 24.3 Å². The lowest BCUT2D eigenvalue weighted by atomic mass is 9.82. The molecule has 0 saturated carbocycles. The molecule has 2 aliphatic heterocycles. The molecule has 8 heteroatoms. The Kier molecular flexibility index (Phi) is 8.17. The minimum atomic E-state index is -0.347. The van der Waals surface area contributed by atoms with Crippen molar-refractivity contribution in [2.24, 2.45) is 0 Å². The Morgan fingerprint density at radius 1 is 0.413 bits per heavy atom. The highest BCUT2D eigenvalue weighted by molar-refractivity contribution is 6.41. The van der Waals surface area contributed by atoms with Crippen molar-refractivity contribution in [3.63, 3.8) is 0 Å². The first-order valence-electron chi connectivity index (χ1n) is 16.9. The van der Waals surface area contributed by atoms with Crippen LogP contribution in [0.25, 0.3) is 43.1 Å². The van der Waals surface area contributed by atoms with E-state index in [4.69, 9.17) is 0 Å². The first-order valence-corrected chi connectivity index (χ1v) is 16.9. The highest BCUT2D eigenvalue weighted by atomic mass is 16.2. The number of unbranched alkanes of at least 4 members (excludes halogenated alkanes) is 8. The molecule has 8 nitrogen and oxygen atoms in total. The molecule has 0 unspecified atom stereocenters. The largest absolute Gasteiger partial charge is 0.275 e. The lowest BCUT2D eigenvalue weighted by molar-refractivity contribution is 0.0505. The number of nitrogens with one attached hydrogen (secondary N) is 2. The minimum Gasteiger partial charge on any atom is -0.267 e. The lowest BCUT2D eigenvalue weighted by Gasteiger charge is -2.30. The van der Waals surface area contributed by atoms with Gasteiger partial charge in [-0.1, -0.05) is 89.5 Å². The van der Waals surface area contributed by atoms with Crippen LogP contribution in [0.5, 0.6) is 0 Å². The number of hydrazine groups is 2. The van der Waals surface area contributed by atoms with E-state index in [-0.39, 0.29) is 23.6 Å². The van der Waals surface area contributed by atoms with Crippen molar-refractivity contribution < 1.29 is 19.2 Å². The molecule has 2 aliphatic rings. The third kappa shape index (κ3) is 4.74. The maximum Gasteiger partial charge on any atom is 0.275 e. The van der Waals surface area contributed by atoms with Crippen molar-refractivity contribution in [3.8, 4) is 0 Å². The number of hydrogen-bond acceptors (Lipinski definition) is 6. The van der Waals surface area contributed by atoms with Gasteiger partial charge in [0.25, 0.3) is 23.6 Å². The van der Waals surface area contributed by atoms with Crippen LogP contribution < -0.4 is 10.9 Å². The number of carbonyl (C=O) groups excluding carboxylic acids is 4. The Bertz CT molecular complexity index is 1770. The number of nitrogens with zero attached hydrogens (tertiary/aromatic N) is 2. The van der Waals surface area contributed by atoms with Gasteiger partial charge in [0.15, 0.2) is 0 Å². The summed E-state index contributed by atoms with van der Waals surface area (Å²) in [5, 5.41) is 8.91. The topological polar surface area (TPSA) is 98.8 Å².